The number of ether oxygens (including phenoxy) is 1. The van der Waals surface area contributed by atoms with Crippen molar-refractivity contribution in [2.75, 3.05) is 25.5 Å². The number of methoxy groups -OCH3 is 1. The van der Waals surface area contributed by atoms with Gasteiger partial charge >= 0.3 is 0 Å². The van der Waals surface area contributed by atoms with Crippen LogP contribution in [0.5, 0.6) is 5.75 Å². The summed E-state index contributed by atoms with van der Waals surface area (Å²) in [5, 5.41) is 8.22. The van der Waals surface area contributed by atoms with Crippen molar-refractivity contribution < 1.29 is 18.7 Å². The van der Waals surface area contributed by atoms with Gasteiger partial charge in [-0.1, -0.05) is 19.1 Å². The summed E-state index contributed by atoms with van der Waals surface area (Å²) in [7, 11) is 1.54. The molecule has 2 aromatic heterocycles. The molecule has 0 aliphatic heterocycles. The lowest BCUT2D eigenvalue weighted by atomic mass is 10.2. The highest BCUT2D eigenvalue weighted by Crippen LogP contribution is 2.31. The molecule has 4 rings (SSSR count). The highest BCUT2D eigenvalue weighted by Gasteiger charge is 2.23. The van der Waals surface area contributed by atoms with E-state index in [1.54, 1.807) is 39.9 Å². The van der Waals surface area contributed by atoms with Crippen LogP contribution >= 0.6 is 11.3 Å². The van der Waals surface area contributed by atoms with Gasteiger partial charge in [0.2, 0.25) is 5.91 Å². The summed E-state index contributed by atoms with van der Waals surface area (Å²) in [5.41, 5.74) is 2.03. The first kappa shape index (κ1) is 23.4. The molecule has 2 heterocycles. The fraction of sp³-hybridized carbons (Fsp3) is 0.240. The molecule has 9 heteroatoms. The van der Waals surface area contributed by atoms with Crippen LogP contribution in [0.2, 0.25) is 0 Å². The maximum Gasteiger partial charge on any atom is 0.264 e. The van der Waals surface area contributed by atoms with Crippen LogP contribution in [-0.2, 0) is 4.79 Å². The number of benzene rings is 2. The molecule has 0 aliphatic carbocycles. The quantitative estimate of drug-likeness (QED) is 0.384. The predicted molar refractivity (Wildman–Crippen MR) is 131 cm³/mol. The number of para-hydroxylation sites is 2. The molecule has 0 aliphatic rings. The van der Waals surface area contributed by atoms with E-state index >= 15 is 0 Å². The van der Waals surface area contributed by atoms with Gasteiger partial charge in [-0.15, -0.1) is 11.3 Å². The van der Waals surface area contributed by atoms with Crippen molar-refractivity contribution in [2.45, 2.75) is 20.3 Å². The number of carbonyl (C=O) groups excluding carboxylic acids is 2. The minimum atomic E-state index is -0.326. The summed E-state index contributed by atoms with van der Waals surface area (Å²) in [6.45, 7) is 4.19. The van der Waals surface area contributed by atoms with E-state index in [9.17, 15) is 14.0 Å². The molecule has 0 atom stereocenters. The second-order valence-corrected chi connectivity index (χ2v) is 8.81. The normalized spacial score (nSPS) is 10.9. The van der Waals surface area contributed by atoms with Crippen molar-refractivity contribution in [1.82, 2.24) is 14.7 Å². The van der Waals surface area contributed by atoms with E-state index in [-0.39, 0.29) is 24.2 Å². The van der Waals surface area contributed by atoms with E-state index in [2.05, 4.69) is 10.4 Å². The Bertz CT molecular complexity index is 1330. The van der Waals surface area contributed by atoms with Crippen LogP contribution in [0.3, 0.4) is 0 Å². The number of hydrogen-bond donors (Lipinski definition) is 1. The second-order valence-electron chi connectivity index (χ2n) is 7.78. The van der Waals surface area contributed by atoms with Gasteiger partial charge in [0.15, 0.2) is 0 Å². The van der Waals surface area contributed by atoms with Crippen LogP contribution in [0.1, 0.15) is 28.7 Å². The summed E-state index contributed by atoms with van der Waals surface area (Å²) in [6, 6.07) is 15.0. The fourth-order valence-corrected chi connectivity index (χ4v) is 4.85. The largest absolute Gasteiger partial charge is 0.495 e. The van der Waals surface area contributed by atoms with E-state index in [1.165, 1.54) is 30.6 Å². The number of thiophene rings is 1. The van der Waals surface area contributed by atoms with Gasteiger partial charge in [0.1, 0.15) is 22.9 Å². The third kappa shape index (κ3) is 4.79. The number of amides is 2. The number of halogens is 1. The summed E-state index contributed by atoms with van der Waals surface area (Å²) >= 11 is 1.31. The molecule has 2 aromatic carbocycles. The average molecular weight is 481 g/mol. The number of nitrogens with zero attached hydrogens (tertiary/aromatic N) is 3. The number of fused-ring (bicyclic) bond motifs is 1. The monoisotopic (exact) mass is 480 g/mol. The topological polar surface area (TPSA) is 76.5 Å². The van der Waals surface area contributed by atoms with Crippen LogP contribution in [0.15, 0.2) is 54.6 Å². The van der Waals surface area contributed by atoms with Crippen molar-refractivity contribution in [3.63, 3.8) is 0 Å². The van der Waals surface area contributed by atoms with Crippen LogP contribution in [-0.4, -0.2) is 46.7 Å². The first-order valence-electron chi connectivity index (χ1n) is 10.9. The lowest BCUT2D eigenvalue weighted by Crippen LogP contribution is -2.38. The van der Waals surface area contributed by atoms with Gasteiger partial charge in [0.05, 0.1) is 29.1 Å². The minimum absolute atomic E-state index is 0.0813. The Hall–Kier alpha value is -3.72. The number of aromatic nitrogens is 2. The number of rotatable bonds is 8. The van der Waals surface area contributed by atoms with Crippen molar-refractivity contribution in [1.29, 1.82) is 0 Å². The van der Waals surface area contributed by atoms with Gasteiger partial charge in [-0.25, -0.2) is 9.07 Å². The first-order valence-corrected chi connectivity index (χ1v) is 11.7. The van der Waals surface area contributed by atoms with Crippen LogP contribution in [0, 0.1) is 12.7 Å². The molecule has 0 bridgehead atoms. The molecule has 0 fully saturated rings. The summed E-state index contributed by atoms with van der Waals surface area (Å²) in [4.78, 5) is 29.0. The molecule has 34 heavy (non-hydrogen) atoms. The number of aryl methyl sites for hydroxylation is 1. The smallest absolute Gasteiger partial charge is 0.264 e. The highest BCUT2D eigenvalue weighted by atomic mass is 32.1. The van der Waals surface area contributed by atoms with Crippen LogP contribution in [0.25, 0.3) is 15.9 Å². The summed E-state index contributed by atoms with van der Waals surface area (Å²) < 4.78 is 20.4. The second kappa shape index (κ2) is 10.0. The zero-order chi connectivity index (χ0) is 24.2. The Morgan fingerprint density at radius 3 is 2.62 bits per heavy atom. The average Bonchev–Trinajstić information content (AvgIpc) is 3.40. The molecule has 2 amide bonds. The highest BCUT2D eigenvalue weighted by molar-refractivity contribution is 7.20. The Balaban J connectivity index is 1.57. The van der Waals surface area contributed by atoms with Crippen LogP contribution in [0.4, 0.5) is 10.1 Å². The van der Waals surface area contributed by atoms with E-state index < -0.39 is 0 Å². The van der Waals surface area contributed by atoms with Gasteiger partial charge in [-0.05, 0) is 55.8 Å². The van der Waals surface area contributed by atoms with Crippen molar-refractivity contribution >= 4 is 39.1 Å². The number of hydrogen-bond acceptors (Lipinski definition) is 5. The zero-order valence-corrected chi connectivity index (χ0v) is 20.0. The van der Waals surface area contributed by atoms with Crippen molar-refractivity contribution in [3.8, 4) is 11.4 Å². The molecule has 1 N–H and O–H groups in total. The molecule has 0 spiro atoms. The maximum atomic E-state index is 13.4. The molecular weight excluding hydrogens is 455 g/mol. The van der Waals surface area contributed by atoms with E-state index in [4.69, 9.17) is 4.74 Å². The molecule has 176 valence electrons. The maximum absolute atomic E-state index is 13.4. The number of nitrogens with one attached hydrogen (secondary N) is 1. The molecule has 0 saturated heterocycles. The Morgan fingerprint density at radius 1 is 1.18 bits per heavy atom. The number of carbonyl (C=O) groups is 2. The molecule has 0 saturated carbocycles. The third-order valence-corrected chi connectivity index (χ3v) is 6.42. The van der Waals surface area contributed by atoms with Gasteiger partial charge in [0.25, 0.3) is 5.91 Å². The summed E-state index contributed by atoms with van der Waals surface area (Å²) in [5.74, 6) is -0.300. The lowest BCUT2D eigenvalue weighted by molar-refractivity contribution is -0.116. The molecular formula is C25H25FN4O3S. The van der Waals surface area contributed by atoms with Gasteiger partial charge in [0, 0.05) is 11.9 Å². The zero-order valence-electron chi connectivity index (χ0n) is 19.2. The molecule has 0 unspecified atom stereocenters. The van der Waals surface area contributed by atoms with Crippen molar-refractivity contribution in [2.24, 2.45) is 0 Å². The SMILES string of the molecule is CCCN(CC(=O)Nc1ccccc1OC)C(=O)c1cc2c(C)nn(-c3ccc(F)cc3)c2s1. The Morgan fingerprint density at radius 2 is 1.91 bits per heavy atom. The van der Waals surface area contributed by atoms with Gasteiger partial charge in [-0.2, -0.15) is 5.10 Å². The lowest BCUT2D eigenvalue weighted by Gasteiger charge is -2.21. The minimum Gasteiger partial charge on any atom is -0.495 e. The fourth-order valence-electron chi connectivity index (χ4n) is 3.70. The van der Waals surface area contributed by atoms with Crippen LogP contribution < -0.4 is 10.1 Å². The Labute approximate surface area is 200 Å². The Kier molecular flexibility index (Phi) is 6.93. The van der Waals surface area contributed by atoms with Gasteiger partial charge < -0.3 is 15.0 Å². The molecule has 0 radical (unpaired) electrons. The third-order valence-electron chi connectivity index (χ3n) is 5.32. The first-order chi connectivity index (χ1) is 16.4. The predicted octanol–water partition coefficient (Wildman–Crippen LogP) is 5.03. The van der Waals surface area contributed by atoms with E-state index in [0.717, 1.165) is 15.9 Å². The van der Waals surface area contributed by atoms with E-state index in [0.29, 0.717) is 35.0 Å². The van der Waals surface area contributed by atoms with E-state index in [1.807, 2.05) is 26.0 Å². The molecule has 7 nitrogen and oxygen atoms in total. The van der Waals surface area contributed by atoms with Crippen molar-refractivity contribution in [3.05, 3.63) is 71.0 Å². The standard InChI is InChI=1S/C25H25FN4O3S/c1-4-13-29(15-23(31)27-20-7-5-6-8-21(20)33-3)24(32)22-14-19-16(2)28-30(25(19)34-22)18-11-9-17(26)10-12-18/h5-12,14H,4,13,15H2,1-3H3,(H,27,31). The summed E-state index contributed by atoms with van der Waals surface area (Å²) in [6.07, 6.45) is 0.709. The number of anilines is 1. The van der Waals surface area contributed by atoms with Gasteiger partial charge in [-0.3, -0.25) is 9.59 Å². The molecule has 4 aromatic rings.